The van der Waals surface area contributed by atoms with Gasteiger partial charge < -0.3 is 14.8 Å². The number of rotatable bonds is 9. The van der Waals surface area contributed by atoms with E-state index >= 15 is 0 Å². The molecule has 0 atom stereocenters. The number of esters is 1. The van der Waals surface area contributed by atoms with Crippen molar-refractivity contribution in [2.45, 2.75) is 24.8 Å². The van der Waals surface area contributed by atoms with Gasteiger partial charge in [-0.2, -0.15) is 0 Å². The summed E-state index contributed by atoms with van der Waals surface area (Å²) in [6.07, 6.45) is 0. The Kier molecular flexibility index (Phi) is 8.30. The molecule has 2 N–H and O–H groups in total. The summed E-state index contributed by atoms with van der Waals surface area (Å²) in [4.78, 5) is 23.4. The van der Waals surface area contributed by atoms with Gasteiger partial charge in [-0.25, -0.2) is 17.9 Å². The quantitative estimate of drug-likeness (QED) is 0.478. The number of halogens is 1. The van der Waals surface area contributed by atoms with Crippen LogP contribution < -0.4 is 10.0 Å². The van der Waals surface area contributed by atoms with Crippen molar-refractivity contribution >= 4 is 33.5 Å². The van der Waals surface area contributed by atoms with Crippen LogP contribution in [0, 0.1) is 0 Å². The molecule has 10 heteroatoms. The summed E-state index contributed by atoms with van der Waals surface area (Å²) < 4.78 is 36.3. The van der Waals surface area contributed by atoms with Gasteiger partial charge in [-0.05, 0) is 32.0 Å². The number of sulfonamides is 1. The average molecular weight is 393 g/mol. The topological polar surface area (TPSA) is 111 Å². The first kappa shape index (κ1) is 21.4. The van der Waals surface area contributed by atoms with Crippen molar-refractivity contribution in [3.63, 3.8) is 0 Å². The lowest BCUT2D eigenvalue weighted by Gasteiger charge is -2.11. The van der Waals surface area contributed by atoms with Crippen LogP contribution in [0.15, 0.2) is 23.1 Å². The van der Waals surface area contributed by atoms with E-state index in [1.165, 1.54) is 19.2 Å². The minimum Gasteiger partial charge on any atom is -0.452 e. The van der Waals surface area contributed by atoms with E-state index in [2.05, 4.69) is 10.0 Å². The van der Waals surface area contributed by atoms with Crippen molar-refractivity contribution < 1.29 is 27.5 Å². The Bertz CT molecular complexity index is 721. The smallest absolute Gasteiger partial charge is 0.340 e. The highest BCUT2D eigenvalue weighted by Crippen LogP contribution is 2.21. The van der Waals surface area contributed by atoms with E-state index in [9.17, 15) is 18.0 Å². The van der Waals surface area contributed by atoms with Crippen LogP contribution in [0.25, 0.3) is 0 Å². The monoisotopic (exact) mass is 392 g/mol. The van der Waals surface area contributed by atoms with Crippen LogP contribution in [0.2, 0.25) is 5.02 Å². The van der Waals surface area contributed by atoms with E-state index < -0.39 is 28.5 Å². The first-order chi connectivity index (χ1) is 11.7. The molecule has 0 radical (unpaired) electrons. The van der Waals surface area contributed by atoms with Crippen molar-refractivity contribution in [3.05, 3.63) is 28.8 Å². The molecule has 0 bridgehead atoms. The molecule has 1 amide bonds. The predicted molar refractivity (Wildman–Crippen MR) is 92.1 cm³/mol. The lowest BCUT2D eigenvalue weighted by molar-refractivity contribution is -0.124. The molecule has 0 fully saturated rings. The summed E-state index contributed by atoms with van der Waals surface area (Å²) in [5.74, 6) is -1.36. The number of hydrogen-bond acceptors (Lipinski definition) is 6. The normalized spacial score (nSPS) is 11.4. The second kappa shape index (κ2) is 9.71. The van der Waals surface area contributed by atoms with Crippen molar-refractivity contribution in [2.24, 2.45) is 0 Å². The summed E-state index contributed by atoms with van der Waals surface area (Å²) in [6, 6.07) is 3.54. The molecule has 0 heterocycles. The van der Waals surface area contributed by atoms with Crippen LogP contribution in [-0.4, -0.2) is 53.2 Å². The van der Waals surface area contributed by atoms with Crippen molar-refractivity contribution in [1.29, 1.82) is 0 Å². The molecule has 1 rings (SSSR count). The number of methoxy groups -OCH3 is 1. The molecule has 25 heavy (non-hydrogen) atoms. The Labute approximate surface area is 151 Å². The number of hydrogen-bond donors (Lipinski definition) is 2. The fraction of sp³-hybridized carbons (Fsp3) is 0.467. The largest absolute Gasteiger partial charge is 0.452 e. The van der Waals surface area contributed by atoms with Gasteiger partial charge in [0.25, 0.3) is 5.91 Å². The third kappa shape index (κ3) is 6.99. The van der Waals surface area contributed by atoms with Crippen LogP contribution >= 0.6 is 11.6 Å². The molecule has 0 spiro atoms. The van der Waals surface area contributed by atoms with Crippen LogP contribution in [-0.2, 0) is 24.3 Å². The minimum absolute atomic E-state index is 0.0186. The first-order valence-corrected chi connectivity index (χ1v) is 9.28. The molecule has 0 saturated heterocycles. The van der Waals surface area contributed by atoms with E-state index in [1.807, 2.05) is 0 Å². The Balaban J connectivity index is 2.86. The number of carbonyl (C=O) groups is 2. The number of amides is 1. The highest BCUT2D eigenvalue weighted by Gasteiger charge is 2.20. The lowest BCUT2D eigenvalue weighted by Crippen LogP contribution is -2.34. The maximum Gasteiger partial charge on any atom is 0.340 e. The van der Waals surface area contributed by atoms with Gasteiger partial charge >= 0.3 is 5.97 Å². The molecule has 0 aliphatic heterocycles. The van der Waals surface area contributed by atoms with Gasteiger partial charge in [0.2, 0.25) is 10.0 Å². The van der Waals surface area contributed by atoms with Gasteiger partial charge in [0, 0.05) is 19.7 Å². The highest BCUT2D eigenvalue weighted by molar-refractivity contribution is 7.89. The average Bonchev–Trinajstić information content (AvgIpc) is 2.52. The fourth-order valence-electron chi connectivity index (χ4n) is 1.76. The minimum atomic E-state index is -3.83. The van der Waals surface area contributed by atoms with Gasteiger partial charge in [-0.15, -0.1) is 0 Å². The summed E-state index contributed by atoms with van der Waals surface area (Å²) in [5.41, 5.74) is -0.145. The predicted octanol–water partition coefficient (Wildman–Crippen LogP) is 0.946. The third-order valence-corrected chi connectivity index (χ3v) is 4.64. The van der Waals surface area contributed by atoms with E-state index in [0.717, 1.165) is 6.07 Å². The van der Waals surface area contributed by atoms with Crippen molar-refractivity contribution in [3.8, 4) is 0 Å². The molecule has 0 saturated carbocycles. The molecule has 1 aromatic carbocycles. The zero-order valence-corrected chi connectivity index (χ0v) is 15.7. The molecule has 8 nitrogen and oxygen atoms in total. The van der Waals surface area contributed by atoms with Gasteiger partial charge in [0.05, 0.1) is 22.1 Å². The second-order valence-electron chi connectivity index (χ2n) is 5.33. The Hall–Kier alpha value is -1.68. The molecule has 1 aromatic rings. The maximum atomic E-state index is 12.2. The van der Waals surface area contributed by atoms with Crippen LogP contribution in [0.5, 0.6) is 0 Å². The van der Waals surface area contributed by atoms with Gasteiger partial charge in [-0.1, -0.05) is 11.6 Å². The standard InChI is InChI=1S/C15H21ClN2O6S/c1-10(2)18-14(19)9-24-15(20)12-8-11(4-5-13(12)16)25(21,22)17-6-7-23-3/h4-5,8,10,17H,6-7,9H2,1-3H3,(H,18,19). The maximum absolute atomic E-state index is 12.2. The molecule has 0 unspecified atom stereocenters. The molecular weight excluding hydrogens is 372 g/mol. The fourth-order valence-corrected chi connectivity index (χ4v) is 3.00. The number of carbonyl (C=O) groups excluding carboxylic acids is 2. The van der Waals surface area contributed by atoms with Crippen molar-refractivity contribution in [2.75, 3.05) is 26.9 Å². The molecule has 140 valence electrons. The van der Waals surface area contributed by atoms with Crippen LogP contribution in [0.1, 0.15) is 24.2 Å². The molecule has 0 aromatic heterocycles. The van der Waals surface area contributed by atoms with Crippen LogP contribution in [0.3, 0.4) is 0 Å². The number of benzene rings is 1. The first-order valence-electron chi connectivity index (χ1n) is 7.42. The summed E-state index contributed by atoms with van der Waals surface area (Å²) in [7, 11) is -2.38. The zero-order chi connectivity index (χ0) is 19.0. The van der Waals surface area contributed by atoms with Gasteiger partial charge in [0.1, 0.15) is 0 Å². The van der Waals surface area contributed by atoms with E-state index in [0.29, 0.717) is 0 Å². The molecule has 0 aliphatic rings. The van der Waals surface area contributed by atoms with E-state index in [1.54, 1.807) is 13.8 Å². The second-order valence-corrected chi connectivity index (χ2v) is 7.50. The van der Waals surface area contributed by atoms with Crippen molar-refractivity contribution in [1.82, 2.24) is 10.0 Å². The molecule has 0 aliphatic carbocycles. The van der Waals surface area contributed by atoms with E-state index in [4.69, 9.17) is 21.1 Å². The van der Waals surface area contributed by atoms with E-state index in [-0.39, 0.29) is 34.7 Å². The summed E-state index contributed by atoms with van der Waals surface area (Å²) in [5, 5.41) is 2.58. The SMILES string of the molecule is COCCNS(=O)(=O)c1ccc(Cl)c(C(=O)OCC(=O)NC(C)C)c1. The summed E-state index contributed by atoms with van der Waals surface area (Å²) in [6.45, 7) is 3.32. The molecular formula is C15H21ClN2O6S. The van der Waals surface area contributed by atoms with Gasteiger partial charge in [-0.3, -0.25) is 4.79 Å². The van der Waals surface area contributed by atoms with Gasteiger partial charge in [0.15, 0.2) is 6.61 Å². The Morgan fingerprint density at radius 2 is 1.96 bits per heavy atom. The van der Waals surface area contributed by atoms with Crippen LogP contribution in [0.4, 0.5) is 0 Å². The zero-order valence-electron chi connectivity index (χ0n) is 14.2. The number of ether oxygens (including phenoxy) is 2. The third-order valence-electron chi connectivity index (χ3n) is 2.85. The Morgan fingerprint density at radius 3 is 2.56 bits per heavy atom. The summed E-state index contributed by atoms with van der Waals surface area (Å²) >= 11 is 5.93. The Morgan fingerprint density at radius 1 is 1.28 bits per heavy atom. The highest BCUT2D eigenvalue weighted by atomic mass is 35.5. The number of nitrogens with one attached hydrogen (secondary N) is 2. The lowest BCUT2D eigenvalue weighted by atomic mass is 10.2.